The molecule has 1 amide bonds. The van der Waals surface area contributed by atoms with Crippen molar-refractivity contribution in [2.24, 2.45) is 0 Å². The highest BCUT2D eigenvalue weighted by Gasteiger charge is 2.25. The highest BCUT2D eigenvalue weighted by Crippen LogP contribution is 2.34. The summed E-state index contributed by atoms with van der Waals surface area (Å²) >= 11 is 6.11. The molecule has 5 heteroatoms. The van der Waals surface area contributed by atoms with Gasteiger partial charge >= 0.3 is 0 Å². The van der Waals surface area contributed by atoms with E-state index in [-0.39, 0.29) is 5.91 Å². The smallest absolute Gasteiger partial charge is 0.254 e. The molecule has 4 nitrogen and oxygen atoms in total. The van der Waals surface area contributed by atoms with Gasteiger partial charge in [-0.2, -0.15) is 0 Å². The fraction of sp³-hybridized carbons (Fsp3) is 0.391. The summed E-state index contributed by atoms with van der Waals surface area (Å²) in [4.78, 5) is 20.0. The number of rotatable bonds is 6. The van der Waals surface area contributed by atoms with Crippen LogP contribution in [0.1, 0.15) is 61.3 Å². The molecule has 0 aliphatic heterocycles. The molecule has 0 saturated heterocycles. The molecular formula is C23H26ClN3O. The van der Waals surface area contributed by atoms with Crippen molar-refractivity contribution in [3.05, 3.63) is 64.9 Å². The molecule has 28 heavy (non-hydrogen) atoms. The maximum Gasteiger partial charge on any atom is 0.254 e. The van der Waals surface area contributed by atoms with Gasteiger partial charge in [-0.25, -0.2) is 4.98 Å². The molecule has 0 bridgehead atoms. The minimum absolute atomic E-state index is 0.00868. The van der Waals surface area contributed by atoms with E-state index in [2.05, 4.69) is 29.7 Å². The number of fused-ring (bicyclic) bond motifs is 1. The third-order valence-electron chi connectivity index (χ3n) is 5.54. The van der Waals surface area contributed by atoms with Gasteiger partial charge in [-0.15, -0.1) is 0 Å². The lowest BCUT2D eigenvalue weighted by atomic mass is 10.2. The van der Waals surface area contributed by atoms with Gasteiger partial charge in [0.2, 0.25) is 0 Å². The number of hydrogen-bond acceptors (Lipinski definition) is 2. The van der Waals surface area contributed by atoms with Gasteiger partial charge in [0.1, 0.15) is 5.82 Å². The van der Waals surface area contributed by atoms with Crippen LogP contribution < -0.4 is 0 Å². The number of halogens is 1. The van der Waals surface area contributed by atoms with Gasteiger partial charge in [0.25, 0.3) is 5.91 Å². The topological polar surface area (TPSA) is 38.1 Å². The minimum atomic E-state index is 0.00868. The number of amides is 1. The van der Waals surface area contributed by atoms with Crippen LogP contribution in [0.25, 0.3) is 11.0 Å². The maximum atomic E-state index is 13.2. The lowest BCUT2D eigenvalue weighted by Gasteiger charge is -2.24. The second kappa shape index (κ2) is 8.36. The van der Waals surface area contributed by atoms with E-state index in [9.17, 15) is 4.79 Å². The first kappa shape index (κ1) is 19.0. The van der Waals surface area contributed by atoms with Crippen LogP contribution in [0.2, 0.25) is 5.02 Å². The number of aromatic nitrogens is 2. The Kier molecular flexibility index (Phi) is 5.67. The molecule has 1 heterocycles. The lowest BCUT2D eigenvalue weighted by molar-refractivity contribution is 0.0736. The van der Waals surface area contributed by atoms with Crippen LogP contribution >= 0.6 is 11.6 Å². The van der Waals surface area contributed by atoms with Crippen LogP contribution in [0.4, 0.5) is 0 Å². The van der Waals surface area contributed by atoms with Gasteiger partial charge < -0.3 is 9.47 Å². The van der Waals surface area contributed by atoms with Crippen molar-refractivity contribution in [1.82, 2.24) is 14.5 Å². The largest absolute Gasteiger partial charge is 0.331 e. The molecule has 4 rings (SSSR count). The molecule has 0 atom stereocenters. The zero-order valence-corrected chi connectivity index (χ0v) is 17.0. The molecule has 1 aliphatic rings. The summed E-state index contributed by atoms with van der Waals surface area (Å²) in [5, 5.41) is 0.584. The molecule has 0 radical (unpaired) electrons. The highest BCUT2D eigenvalue weighted by atomic mass is 35.5. The van der Waals surface area contributed by atoms with E-state index in [1.54, 1.807) is 12.1 Å². The first-order chi connectivity index (χ1) is 13.7. The predicted molar refractivity (Wildman–Crippen MR) is 114 cm³/mol. The maximum absolute atomic E-state index is 13.2. The molecule has 1 fully saturated rings. The summed E-state index contributed by atoms with van der Waals surface area (Å²) in [5.74, 6) is 0.992. The number of carbonyl (C=O) groups is 1. The number of carbonyl (C=O) groups excluding carboxylic acids is 1. The summed E-state index contributed by atoms with van der Waals surface area (Å²) < 4.78 is 2.39. The SMILES string of the molecule is CCCN(Cc1nc2ccccc2n1C1CCCC1)C(=O)c1cccc(Cl)c1. The van der Waals surface area contributed by atoms with Gasteiger partial charge in [-0.05, 0) is 49.6 Å². The Labute approximate surface area is 171 Å². The summed E-state index contributed by atoms with van der Waals surface area (Å²) in [6.07, 6.45) is 5.79. The Bertz CT molecular complexity index is 975. The molecule has 0 N–H and O–H groups in total. The van der Waals surface area contributed by atoms with Crippen molar-refractivity contribution in [3.8, 4) is 0 Å². The number of imidazole rings is 1. The molecule has 0 unspecified atom stereocenters. The quantitative estimate of drug-likeness (QED) is 0.524. The van der Waals surface area contributed by atoms with Crippen LogP contribution in [0, 0.1) is 0 Å². The molecule has 0 spiro atoms. The molecule has 3 aromatic rings. The van der Waals surface area contributed by atoms with E-state index in [1.165, 1.54) is 31.2 Å². The fourth-order valence-electron chi connectivity index (χ4n) is 4.27. The van der Waals surface area contributed by atoms with Crippen LogP contribution in [0.3, 0.4) is 0 Å². The second-order valence-electron chi connectivity index (χ2n) is 7.56. The lowest BCUT2D eigenvalue weighted by Crippen LogP contribution is -2.32. The van der Waals surface area contributed by atoms with Crippen LogP contribution in [0.15, 0.2) is 48.5 Å². The summed E-state index contributed by atoms with van der Waals surface area (Å²) in [7, 11) is 0. The van der Waals surface area contributed by atoms with E-state index in [1.807, 2.05) is 23.1 Å². The van der Waals surface area contributed by atoms with Crippen molar-refractivity contribution >= 4 is 28.5 Å². The average molecular weight is 396 g/mol. The van der Waals surface area contributed by atoms with E-state index >= 15 is 0 Å². The van der Waals surface area contributed by atoms with Crippen LogP contribution in [-0.4, -0.2) is 26.9 Å². The van der Waals surface area contributed by atoms with Crippen molar-refractivity contribution in [2.45, 2.75) is 51.6 Å². The van der Waals surface area contributed by atoms with E-state index < -0.39 is 0 Å². The Balaban J connectivity index is 1.70. The normalized spacial score (nSPS) is 14.6. The van der Waals surface area contributed by atoms with Crippen LogP contribution in [0.5, 0.6) is 0 Å². The monoisotopic (exact) mass is 395 g/mol. The van der Waals surface area contributed by atoms with E-state index in [0.29, 0.717) is 29.7 Å². The first-order valence-corrected chi connectivity index (χ1v) is 10.6. The Morgan fingerprint density at radius 3 is 2.71 bits per heavy atom. The Hall–Kier alpha value is -2.33. The molecule has 1 aliphatic carbocycles. The number of benzene rings is 2. The molecule has 146 valence electrons. The fourth-order valence-corrected chi connectivity index (χ4v) is 4.46. The second-order valence-corrected chi connectivity index (χ2v) is 8.00. The van der Waals surface area contributed by atoms with Gasteiger partial charge in [-0.3, -0.25) is 4.79 Å². The Morgan fingerprint density at radius 2 is 1.96 bits per heavy atom. The van der Waals surface area contributed by atoms with Crippen molar-refractivity contribution in [1.29, 1.82) is 0 Å². The minimum Gasteiger partial charge on any atom is -0.331 e. The van der Waals surface area contributed by atoms with Gasteiger partial charge in [0, 0.05) is 23.2 Å². The predicted octanol–water partition coefficient (Wildman–Crippen LogP) is 5.86. The zero-order valence-electron chi connectivity index (χ0n) is 16.3. The number of nitrogens with zero attached hydrogens (tertiary/aromatic N) is 3. The van der Waals surface area contributed by atoms with Crippen molar-refractivity contribution < 1.29 is 4.79 Å². The van der Waals surface area contributed by atoms with Gasteiger partial charge in [-0.1, -0.05) is 49.6 Å². The van der Waals surface area contributed by atoms with E-state index in [4.69, 9.17) is 16.6 Å². The number of hydrogen-bond donors (Lipinski definition) is 0. The molecule has 2 aromatic carbocycles. The summed E-state index contributed by atoms with van der Waals surface area (Å²) in [6.45, 7) is 3.31. The average Bonchev–Trinajstić information content (AvgIpc) is 3.34. The third-order valence-corrected chi connectivity index (χ3v) is 5.78. The van der Waals surface area contributed by atoms with Crippen molar-refractivity contribution in [2.75, 3.05) is 6.54 Å². The standard InChI is InChI=1S/C23H26ClN3O/c1-2-14-26(23(28)17-8-7-9-18(24)15-17)16-22-25-20-12-5-6-13-21(20)27(22)19-10-3-4-11-19/h5-9,12-13,15,19H,2-4,10-11,14,16H2,1H3. The Morgan fingerprint density at radius 1 is 1.18 bits per heavy atom. The summed E-state index contributed by atoms with van der Waals surface area (Å²) in [6, 6.07) is 16.0. The number of para-hydroxylation sites is 2. The summed E-state index contributed by atoms with van der Waals surface area (Å²) in [5.41, 5.74) is 2.82. The molecular weight excluding hydrogens is 370 g/mol. The first-order valence-electron chi connectivity index (χ1n) is 10.2. The molecule has 1 saturated carbocycles. The van der Waals surface area contributed by atoms with E-state index in [0.717, 1.165) is 17.8 Å². The molecule has 1 aromatic heterocycles. The van der Waals surface area contributed by atoms with Crippen molar-refractivity contribution in [3.63, 3.8) is 0 Å². The van der Waals surface area contributed by atoms with Gasteiger partial charge in [0.15, 0.2) is 0 Å². The zero-order chi connectivity index (χ0) is 19.5. The highest BCUT2D eigenvalue weighted by molar-refractivity contribution is 6.30. The van der Waals surface area contributed by atoms with Crippen LogP contribution in [-0.2, 0) is 6.54 Å². The van der Waals surface area contributed by atoms with Gasteiger partial charge in [0.05, 0.1) is 17.6 Å². The third kappa shape index (κ3) is 3.79.